The molecular formula is C14H21N3O4. The standard InChI is InChI=1S/C14H21N3O4/c1-17(8-6-11-5-3-4-7-15-11)14(20)16-10-12(21-2)9-13(18)19/h3-5,7,12H,6,8-10H2,1-2H3,(H,16,20)(H,18,19). The van der Waals surface area contributed by atoms with Crippen LogP contribution >= 0.6 is 0 Å². The Labute approximate surface area is 123 Å². The third kappa shape index (κ3) is 6.71. The van der Waals surface area contributed by atoms with Gasteiger partial charge in [0.15, 0.2) is 0 Å². The number of carbonyl (C=O) groups excluding carboxylic acids is 1. The molecule has 0 saturated carbocycles. The highest BCUT2D eigenvalue weighted by Crippen LogP contribution is 1.98. The number of aliphatic carboxylic acids is 1. The Morgan fingerprint density at radius 2 is 2.24 bits per heavy atom. The molecule has 0 radical (unpaired) electrons. The fourth-order valence-electron chi connectivity index (χ4n) is 1.70. The summed E-state index contributed by atoms with van der Waals surface area (Å²) in [6.07, 6.45) is 1.70. The Morgan fingerprint density at radius 1 is 1.48 bits per heavy atom. The minimum Gasteiger partial charge on any atom is -0.481 e. The molecule has 1 rings (SSSR count). The first-order valence-electron chi connectivity index (χ1n) is 6.66. The Balaban J connectivity index is 2.32. The van der Waals surface area contributed by atoms with Gasteiger partial charge in [0.1, 0.15) is 0 Å². The molecule has 1 heterocycles. The van der Waals surface area contributed by atoms with E-state index in [4.69, 9.17) is 9.84 Å². The van der Waals surface area contributed by atoms with Crippen LogP contribution in [0.2, 0.25) is 0 Å². The number of amides is 2. The smallest absolute Gasteiger partial charge is 0.317 e. The lowest BCUT2D eigenvalue weighted by molar-refractivity contribution is -0.139. The van der Waals surface area contributed by atoms with E-state index in [0.29, 0.717) is 13.0 Å². The van der Waals surface area contributed by atoms with Crippen LogP contribution < -0.4 is 5.32 Å². The monoisotopic (exact) mass is 295 g/mol. The molecule has 116 valence electrons. The number of carbonyl (C=O) groups is 2. The SMILES string of the molecule is COC(CNC(=O)N(C)CCc1ccccn1)CC(=O)O. The number of ether oxygens (including phenoxy) is 1. The normalized spacial score (nSPS) is 11.7. The number of carboxylic acid groups (broad SMARTS) is 1. The molecule has 0 bridgehead atoms. The van der Waals surface area contributed by atoms with Gasteiger partial charge in [-0.1, -0.05) is 6.07 Å². The predicted molar refractivity (Wildman–Crippen MR) is 77.0 cm³/mol. The van der Waals surface area contributed by atoms with Crippen LogP contribution in [0.5, 0.6) is 0 Å². The van der Waals surface area contributed by atoms with E-state index in [-0.39, 0.29) is 19.0 Å². The highest BCUT2D eigenvalue weighted by Gasteiger charge is 2.15. The molecule has 1 aromatic rings. The van der Waals surface area contributed by atoms with Crippen LogP contribution in [0.4, 0.5) is 4.79 Å². The van der Waals surface area contributed by atoms with Crippen LogP contribution in [0, 0.1) is 0 Å². The van der Waals surface area contributed by atoms with E-state index >= 15 is 0 Å². The molecule has 0 saturated heterocycles. The van der Waals surface area contributed by atoms with E-state index in [1.54, 1.807) is 13.2 Å². The maximum Gasteiger partial charge on any atom is 0.317 e. The lowest BCUT2D eigenvalue weighted by Gasteiger charge is -2.20. The summed E-state index contributed by atoms with van der Waals surface area (Å²) in [5, 5.41) is 11.3. The summed E-state index contributed by atoms with van der Waals surface area (Å²) in [6.45, 7) is 0.689. The summed E-state index contributed by atoms with van der Waals surface area (Å²) in [7, 11) is 3.10. The molecule has 1 atom stereocenters. The van der Waals surface area contributed by atoms with Crippen LogP contribution in [0.3, 0.4) is 0 Å². The Bertz CT molecular complexity index is 453. The van der Waals surface area contributed by atoms with Gasteiger partial charge in [-0.05, 0) is 12.1 Å². The maximum atomic E-state index is 11.9. The van der Waals surface area contributed by atoms with Gasteiger partial charge in [-0.3, -0.25) is 9.78 Å². The predicted octanol–water partition coefficient (Wildman–Crippen LogP) is 0.755. The number of rotatable bonds is 8. The topological polar surface area (TPSA) is 91.8 Å². The second-order valence-electron chi connectivity index (χ2n) is 4.63. The fourth-order valence-corrected chi connectivity index (χ4v) is 1.70. The number of urea groups is 1. The molecule has 0 aliphatic heterocycles. The van der Waals surface area contributed by atoms with E-state index in [1.807, 2.05) is 18.2 Å². The quantitative estimate of drug-likeness (QED) is 0.738. The summed E-state index contributed by atoms with van der Waals surface area (Å²) in [6, 6.07) is 5.38. The summed E-state index contributed by atoms with van der Waals surface area (Å²) in [5.74, 6) is -0.959. The Morgan fingerprint density at radius 3 is 2.81 bits per heavy atom. The van der Waals surface area contributed by atoms with Gasteiger partial charge in [-0.25, -0.2) is 4.79 Å². The van der Waals surface area contributed by atoms with Gasteiger partial charge in [-0.15, -0.1) is 0 Å². The van der Waals surface area contributed by atoms with Crippen LogP contribution in [-0.2, 0) is 16.0 Å². The molecule has 0 fully saturated rings. The molecule has 0 aliphatic rings. The molecule has 1 unspecified atom stereocenters. The summed E-state index contributed by atoms with van der Waals surface area (Å²) >= 11 is 0. The number of pyridine rings is 1. The number of hydrogen-bond acceptors (Lipinski definition) is 4. The summed E-state index contributed by atoms with van der Waals surface area (Å²) in [4.78, 5) is 28.2. The molecule has 7 heteroatoms. The molecule has 2 N–H and O–H groups in total. The van der Waals surface area contributed by atoms with Gasteiger partial charge < -0.3 is 20.1 Å². The van der Waals surface area contributed by atoms with Crippen molar-refractivity contribution in [1.82, 2.24) is 15.2 Å². The number of nitrogens with one attached hydrogen (secondary N) is 1. The second kappa shape index (κ2) is 8.91. The van der Waals surface area contributed by atoms with Crippen molar-refractivity contribution in [3.8, 4) is 0 Å². The zero-order valence-corrected chi connectivity index (χ0v) is 12.3. The van der Waals surface area contributed by atoms with Crippen molar-refractivity contribution < 1.29 is 19.4 Å². The van der Waals surface area contributed by atoms with Gasteiger partial charge in [0.05, 0.1) is 12.5 Å². The van der Waals surface area contributed by atoms with Gasteiger partial charge in [0.2, 0.25) is 0 Å². The fraction of sp³-hybridized carbons (Fsp3) is 0.500. The maximum absolute atomic E-state index is 11.9. The number of hydrogen-bond donors (Lipinski definition) is 2. The lowest BCUT2D eigenvalue weighted by atomic mass is 10.2. The van der Waals surface area contributed by atoms with Gasteiger partial charge in [0, 0.05) is 45.6 Å². The zero-order valence-electron chi connectivity index (χ0n) is 12.3. The summed E-state index contributed by atoms with van der Waals surface area (Å²) < 4.78 is 5.00. The molecule has 0 aliphatic carbocycles. The second-order valence-corrected chi connectivity index (χ2v) is 4.63. The van der Waals surface area contributed by atoms with E-state index in [1.165, 1.54) is 12.0 Å². The van der Waals surface area contributed by atoms with Crippen LogP contribution in [0.15, 0.2) is 24.4 Å². The first kappa shape index (κ1) is 16.9. The largest absolute Gasteiger partial charge is 0.481 e. The Kier molecular flexibility index (Phi) is 7.17. The first-order chi connectivity index (χ1) is 10.0. The minimum absolute atomic E-state index is 0.144. The molecule has 21 heavy (non-hydrogen) atoms. The average molecular weight is 295 g/mol. The highest BCUT2D eigenvalue weighted by molar-refractivity contribution is 5.74. The first-order valence-corrected chi connectivity index (χ1v) is 6.66. The van der Waals surface area contributed by atoms with Crippen molar-refractivity contribution >= 4 is 12.0 Å². The summed E-state index contributed by atoms with van der Waals surface area (Å²) in [5.41, 5.74) is 0.915. The molecule has 1 aromatic heterocycles. The van der Waals surface area contributed by atoms with Crippen LogP contribution in [-0.4, -0.2) is 60.3 Å². The average Bonchev–Trinajstić information content (AvgIpc) is 2.49. The number of nitrogens with zero attached hydrogens (tertiary/aromatic N) is 2. The van der Waals surface area contributed by atoms with E-state index in [2.05, 4.69) is 10.3 Å². The van der Waals surface area contributed by atoms with Crippen molar-refractivity contribution in [2.45, 2.75) is 18.9 Å². The molecule has 0 spiro atoms. The van der Waals surface area contributed by atoms with Crippen molar-refractivity contribution in [1.29, 1.82) is 0 Å². The number of carboxylic acids is 1. The molecule has 7 nitrogen and oxygen atoms in total. The minimum atomic E-state index is -0.959. The lowest BCUT2D eigenvalue weighted by Crippen LogP contribution is -2.42. The van der Waals surface area contributed by atoms with E-state index in [0.717, 1.165) is 5.69 Å². The van der Waals surface area contributed by atoms with Gasteiger partial charge in [-0.2, -0.15) is 0 Å². The number of aromatic nitrogens is 1. The van der Waals surface area contributed by atoms with Gasteiger partial charge >= 0.3 is 12.0 Å². The van der Waals surface area contributed by atoms with Crippen molar-refractivity contribution in [2.75, 3.05) is 27.2 Å². The number of likely N-dealkylation sites (N-methyl/N-ethyl adjacent to an activating group) is 1. The highest BCUT2D eigenvalue weighted by atomic mass is 16.5. The van der Waals surface area contributed by atoms with Crippen molar-refractivity contribution in [3.63, 3.8) is 0 Å². The van der Waals surface area contributed by atoms with Crippen molar-refractivity contribution in [2.24, 2.45) is 0 Å². The van der Waals surface area contributed by atoms with Crippen LogP contribution in [0.25, 0.3) is 0 Å². The third-order valence-electron chi connectivity index (χ3n) is 2.99. The number of methoxy groups -OCH3 is 1. The van der Waals surface area contributed by atoms with E-state index < -0.39 is 12.1 Å². The molecule has 0 aromatic carbocycles. The van der Waals surface area contributed by atoms with Crippen LogP contribution in [0.1, 0.15) is 12.1 Å². The van der Waals surface area contributed by atoms with Crippen molar-refractivity contribution in [3.05, 3.63) is 30.1 Å². The Hall–Kier alpha value is -2.15. The molecular weight excluding hydrogens is 274 g/mol. The molecule has 2 amide bonds. The van der Waals surface area contributed by atoms with Gasteiger partial charge in [0.25, 0.3) is 0 Å². The third-order valence-corrected chi connectivity index (χ3v) is 2.99. The zero-order chi connectivity index (χ0) is 15.7. The van der Waals surface area contributed by atoms with E-state index in [9.17, 15) is 9.59 Å².